The molecule has 2 bridgehead atoms. The van der Waals surface area contributed by atoms with Crippen LogP contribution >= 0.6 is 0 Å². The molecule has 0 aromatic heterocycles. The first kappa shape index (κ1) is 27.1. The highest BCUT2D eigenvalue weighted by Crippen LogP contribution is 2.63. The number of esters is 1. The molecule has 3 aliphatic rings. The quantitative estimate of drug-likeness (QED) is 0.285. The van der Waals surface area contributed by atoms with Crippen LogP contribution in [0.25, 0.3) is 10.8 Å². The minimum atomic E-state index is -1.20. The average molecular weight is 533 g/mol. The van der Waals surface area contributed by atoms with Crippen molar-refractivity contribution < 1.29 is 29.0 Å². The largest absolute Gasteiger partial charge is 0.465 e. The molecule has 1 spiro atoms. The maximum Gasteiger partial charge on any atom is 0.312 e. The highest BCUT2D eigenvalue weighted by molar-refractivity contribution is 6.05. The van der Waals surface area contributed by atoms with E-state index < -0.39 is 41.1 Å². The van der Waals surface area contributed by atoms with Crippen molar-refractivity contribution in [1.82, 2.24) is 4.90 Å². The van der Waals surface area contributed by atoms with Crippen LogP contribution in [-0.2, 0) is 23.9 Å². The fourth-order valence-corrected chi connectivity index (χ4v) is 6.84. The number of carbonyl (C=O) groups excluding carboxylic acids is 3. The van der Waals surface area contributed by atoms with Gasteiger partial charge in [-0.1, -0.05) is 42.5 Å². The van der Waals surface area contributed by atoms with E-state index in [9.17, 15) is 19.5 Å². The molecule has 2 aromatic carbocycles. The molecule has 3 fully saturated rings. The maximum atomic E-state index is 14.6. The minimum Gasteiger partial charge on any atom is -0.465 e. The highest BCUT2D eigenvalue weighted by Gasteiger charge is 2.79. The van der Waals surface area contributed by atoms with E-state index in [0.717, 1.165) is 10.8 Å². The summed E-state index contributed by atoms with van der Waals surface area (Å²) in [7, 11) is 0. The maximum absolute atomic E-state index is 14.6. The van der Waals surface area contributed by atoms with Crippen LogP contribution < -0.4 is 4.90 Å². The van der Waals surface area contributed by atoms with Crippen molar-refractivity contribution in [2.24, 2.45) is 11.8 Å². The van der Waals surface area contributed by atoms with Crippen LogP contribution in [0.1, 0.15) is 33.1 Å². The smallest absolute Gasteiger partial charge is 0.312 e. The normalized spacial score (nSPS) is 29.8. The lowest BCUT2D eigenvalue weighted by Crippen LogP contribution is -2.58. The van der Waals surface area contributed by atoms with E-state index in [1.807, 2.05) is 49.4 Å². The Kier molecular flexibility index (Phi) is 7.11. The van der Waals surface area contributed by atoms with E-state index in [2.05, 4.69) is 13.2 Å². The number of nitrogens with zero attached hydrogens (tertiary/aromatic N) is 2. The van der Waals surface area contributed by atoms with Gasteiger partial charge < -0.3 is 24.4 Å². The SMILES string of the molecule is C=CCCOC(=O)[C@H]1[C@H]2C(=O)N([C@H](C)CO)C(C(=O)N(CC=C)c3ccc4ccccc4c3)C23CC[C@]1(C)O3. The third kappa shape index (κ3) is 4.17. The Labute approximate surface area is 228 Å². The van der Waals surface area contributed by atoms with Gasteiger partial charge in [0.2, 0.25) is 5.91 Å². The van der Waals surface area contributed by atoms with E-state index in [4.69, 9.17) is 9.47 Å². The third-order valence-corrected chi connectivity index (χ3v) is 8.63. The van der Waals surface area contributed by atoms with Gasteiger partial charge in [0.25, 0.3) is 5.91 Å². The number of aliphatic hydroxyl groups is 1. The van der Waals surface area contributed by atoms with Crippen LogP contribution in [-0.4, -0.2) is 70.8 Å². The summed E-state index contributed by atoms with van der Waals surface area (Å²) in [5, 5.41) is 12.1. The molecular weight excluding hydrogens is 496 g/mol. The van der Waals surface area contributed by atoms with Crippen LogP contribution in [0.15, 0.2) is 67.8 Å². The first-order valence-corrected chi connectivity index (χ1v) is 13.5. The molecule has 0 aliphatic carbocycles. The van der Waals surface area contributed by atoms with Gasteiger partial charge in [-0.25, -0.2) is 0 Å². The summed E-state index contributed by atoms with van der Waals surface area (Å²) in [4.78, 5) is 45.0. The molecule has 0 saturated carbocycles. The molecule has 206 valence electrons. The van der Waals surface area contributed by atoms with Crippen LogP contribution in [0.4, 0.5) is 5.69 Å². The Bertz CT molecular complexity index is 1330. The Morgan fingerprint density at radius 1 is 1.21 bits per heavy atom. The molecule has 0 radical (unpaired) electrons. The van der Waals surface area contributed by atoms with Gasteiger partial charge in [0.1, 0.15) is 17.6 Å². The molecule has 39 heavy (non-hydrogen) atoms. The topological polar surface area (TPSA) is 96.4 Å². The number of fused-ring (bicyclic) bond motifs is 2. The molecule has 8 nitrogen and oxygen atoms in total. The van der Waals surface area contributed by atoms with E-state index in [-0.39, 0.29) is 31.6 Å². The van der Waals surface area contributed by atoms with Crippen molar-refractivity contribution >= 4 is 34.2 Å². The van der Waals surface area contributed by atoms with Gasteiger partial charge in [-0.15, -0.1) is 13.2 Å². The van der Waals surface area contributed by atoms with Gasteiger partial charge >= 0.3 is 5.97 Å². The molecule has 3 saturated heterocycles. The molecule has 2 aromatic rings. The van der Waals surface area contributed by atoms with Crippen LogP contribution in [0, 0.1) is 11.8 Å². The Hall–Kier alpha value is -3.49. The fourth-order valence-electron chi connectivity index (χ4n) is 6.84. The standard InChI is InChI=1S/C31H36N2O6/c1-5-7-17-38-29(37)25-24-27(35)33(20(3)19-34)26(31(24)15-14-30(25,4)39-31)28(36)32(16-6-2)23-13-12-21-10-8-9-11-22(21)18-23/h5-6,8-13,18,20,24-26,34H,1-2,7,14-17,19H2,3-4H3/t20-,24+,25-,26?,30+,31?/m1/s1. The van der Waals surface area contributed by atoms with Gasteiger partial charge in [-0.05, 0) is 56.0 Å². The lowest BCUT2D eigenvalue weighted by atomic mass is 9.66. The number of rotatable bonds is 10. The van der Waals surface area contributed by atoms with E-state index >= 15 is 0 Å². The van der Waals surface area contributed by atoms with Gasteiger partial charge in [0, 0.05) is 12.2 Å². The summed E-state index contributed by atoms with van der Waals surface area (Å²) >= 11 is 0. The zero-order valence-corrected chi connectivity index (χ0v) is 22.5. The lowest BCUT2D eigenvalue weighted by Gasteiger charge is -2.38. The lowest BCUT2D eigenvalue weighted by molar-refractivity contribution is -0.160. The van der Waals surface area contributed by atoms with Gasteiger partial charge in [0.05, 0.1) is 30.8 Å². The minimum absolute atomic E-state index is 0.164. The first-order chi connectivity index (χ1) is 18.7. The fraction of sp³-hybridized carbons (Fsp3) is 0.452. The Morgan fingerprint density at radius 3 is 2.64 bits per heavy atom. The zero-order valence-electron chi connectivity index (χ0n) is 22.5. The second kappa shape index (κ2) is 10.2. The summed E-state index contributed by atoms with van der Waals surface area (Å²) in [5.74, 6) is -2.91. The number of amides is 2. The number of benzene rings is 2. The predicted octanol–water partition coefficient (Wildman–Crippen LogP) is 3.62. The average Bonchev–Trinajstić information content (AvgIpc) is 3.51. The predicted molar refractivity (Wildman–Crippen MR) is 148 cm³/mol. The van der Waals surface area contributed by atoms with Gasteiger partial charge in [0.15, 0.2) is 0 Å². The summed E-state index contributed by atoms with van der Waals surface area (Å²) in [6, 6.07) is 12.0. The molecule has 2 amide bonds. The number of anilines is 1. The van der Waals surface area contributed by atoms with Crippen LogP contribution in [0.3, 0.4) is 0 Å². The number of hydrogen-bond donors (Lipinski definition) is 1. The van der Waals surface area contributed by atoms with Crippen molar-refractivity contribution in [1.29, 1.82) is 0 Å². The van der Waals surface area contributed by atoms with E-state index in [1.54, 1.807) is 24.0 Å². The van der Waals surface area contributed by atoms with Crippen molar-refractivity contribution in [2.45, 2.75) is 56.4 Å². The zero-order chi connectivity index (χ0) is 27.9. The highest BCUT2D eigenvalue weighted by atomic mass is 16.6. The number of likely N-dealkylation sites (tertiary alicyclic amines) is 1. The van der Waals surface area contributed by atoms with Gasteiger partial charge in [-0.3, -0.25) is 14.4 Å². The first-order valence-electron chi connectivity index (χ1n) is 13.5. The van der Waals surface area contributed by atoms with Gasteiger partial charge in [-0.2, -0.15) is 0 Å². The Morgan fingerprint density at radius 2 is 1.95 bits per heavy atom. The molecule has 3 aliphatic heterocycles. The van der Waals surface area contributed by atoms with Crippen molar-refractivity contribution in [3.63, 3.8) is 0 Å². The number of aliphatic hydroxyl groups excluding tert-OH is 1. The van der Waals surface area contributed by atoms with Crippen molar-refractivity contribution in [3.05, 3.63) is 67.8 Å². The van der Waals surface area contributed by atoms with Crippen molar-refractivity contribution in [2.75, 3.05) is 24.7 Å². The summed E-state index contributed by atoms with van der Waals surface area (Å²) in [6.45, 7) is 11.1. The molecule has 6 atom stereocenters. The second-order valence-corrected chi connectivity index (χ2v) is 11.0. The molecular formula is C31H36N2O6. The molecule has 2 unspecified atom stereocenters. The van der Waals surface area contributed by atoms with E-state index in [0.29, 0.717) is 24.9 Å². The third-order valence-electron chi connectivity index (χ3n) is 8.63. The Balaban J connectivity index is 1.57. The van der Waals surface area contributed by atoms with Crippen molar-refractivity contribution in [3.8, 4) is 0 Å². The van der Waals surface area contributed by atoms with Crippen LogP contribution in [0.2, 0.25) is 0 Å². The van der Waals surface area contributed by atoms with E-state index in [1.165, 1.54) is 4.90 Å². The number of ether oxygens (including phenoxy) is 2. The molecule has 1 N–H and O–H groups in total. The summed E-state index contributed by atoms with van der Waals surface area (Å²) < 4.78 is 12.2. The monoisotopic (exact) mass is 532 g/mol. The van der Waals surface area contributed by atoms with Crippen LogP contribution in [0.5, 0.6) is 0 Å². The number of carbonyl (C=O) groups is 3. The second-order valence-electron chi connectivity index (χ2n) is 11.0. The summed E-state index contributed by atoms with van der Waals surface area (Å²) in [6.07, 6.45) is 4.76. The number of hydrogen-bond acceptors (Lipinski definition) is 6. The molecule has 3 heterocycles. The molecule has 5 rings (SSSR count). The summed E-state index contributed by atoms with van der Waals surface area (Å²) in [5.41, 5.74) is -1.46. The molecule has 8 heteroatoms.